The minimum absolute atomic E-state index is 0. The molecule has 0 saturated heterocycles. The normalized spacial score (nSPS) is 12.7. The number of rotatable bonds is 21. The topological polar surface area (TPSA) is 163 Å². The Bertz CT molecular complexity index is 6890. The Morgan fingerprint density at radius 3 is 1.39 bits per heavy atom. The Balaban J connectivity index is 0.00000501. The summed E-state index contributed by atoms with van der Waals surface area (Å²) in [4.78, 5) is 65.7. The monoisotopic (exact) mass is 1730 g/mol. The van der Waals surface area contributed by atoms with Crippen LogP contribution in [0.25, 0.3) is 183 Å². The van der Waals surface area contributed by atoms with Crippen LogP contribution in [0, 0.1) is 0 Å². The molecule has 16 heteroatoms. The summed E-state index contributed by atoms with van der Waals surface area (Å²) in [5.74, 6) is 0. The largest absolute Gasteiger partial charge is 2.00 e. The minimum atomic E-state index is -0.385. The summed E-state index contributed by atoms with van der Waals surface area (Å²) in [5, 5.41) is 0. The zero-order chi connectivity index (χ0) is 79.8. The van der Waals surface area contributed by atoms with Crippen LogP contribution in [0.1, 0.15) is 146 Å². The fourth-order valence-corrected chi connectivity index (χ4v) is 17.9. The van der Waals surface area contributed by atoms with Gasteiger partial charge in [0.25, 0.3) is 0 Å². The third-order valence-electron chi connectivity index (χ3n) is 23.3. The Morgan fingerprint density at radius 1 is 0.339 bits per heavy atom. The van der Waals surface area contributed by atoms with Crippen LogP contribution >= 0.6 is 15.9 Å². The van der Waals surface area contributed by atoms with Gasteiger partial charge in [0, 0.05) is 68.4 Å². The van der Waals surface area contributed by atoms with Crippen molar-refractivity contribution < 1.29 is 39.0 Å². The predicted octanol–water partition coefficient (Wildman–Crippen LogP) is 26.3. The number of unbranched alkanes of at least 4 members (excludes halogenated alkanes) is 6. The van der Waals surface area contributed by atoms with Crippen molar-refractivity contribution in [1.82, 2.24) is 59.8 Å². The molecule has 0 spiro atoms. The van der Waals surface area contributed by atoms with Crippen LogP contribution in [0.4, 0.5) is 17.1 Å². The van der Waals surface area contributed by atoms with Gasteiger partial charge in [-0.1, -0.05) is 229 Å². The van der Waals surface area contributed by atoms with Crippen LogP contribution in [0.3, 0.4) is 0 Å². The summed E-state index contributed by atoms with van der Waals surface area (Å²) in [7, 11) is 0. The molecule has 0 radical (unpaired) electrons. The average Bonchev–Trinajstić information content (AvgIpc) is 1.55. The van der Waals surface area contributed by atoms with Crippen LogP contribution in [-0.2, 0) is 44.4 Å². The first-order valence-electron chi connectivity index (χ1n) is 41.2. The third-order valence-corrected chi connectivity index (χ3v) is 24.1. The van der Waals surface area contributed by atoms with Crippen molar-refractivity contribution in [3.63, 3.8) is 0 Å². The standard InChI is InChI=1S/C105H80BrN13.2Zn/c1-3-5-7-17-57-105(58-18-8-6-4-2)82-61-68(30-41-79(82)80-42-31-69(62-83(80)105)101-91-47-36-74(113-91)64-75-37-48-98(114-75)104(106)99-56-55-97(118-99)103(96-54-53-93(101)117-96)89-44-32-70(65-110-89)84-25-15-19-59-107-84)100-90-46-35-73(112-90)63-72-34-45-85(111-72)81(40-29-67-27-38-78(39-28-67)119(76-21-11-9-12-22-76)77-23-13-10-14-24-77)86-49-50-94(115-86)102(95-52-51-92(100)116-95)71-33-43-88(109-66-71)87-26-16-20-60-108-87;;/h9-16,19-56,59-66H,3-8,17-18,57-58H2,1-2H3;;/q-4;2*+2/b40-29+,72-63?,73-63?,74-64?,75-64?,85-81?,86-81?,100-90?,100-92?,101-91?,101-93?,102-94?,102-95?,103-96?,103-97?,104-98?,104-99?;;. The van der Waals surface area contributed by atoms with E-state index in [1.807, 2.05) is 79.3 Å². The van der Waals surface area contributed by atoms with E-state index in [9.17, 15) is 0 Å². The summed E-state index contributed by atoms with van der Waals surface area (Å²) >= 11 is 3.90. The fraction of sp³-hybridized carbons (Fsp3) is 0.124. The van der Waals surface area contributed by atoms with Gasteiger partial charge in [-0.15, -0.1) is 44.1 Å². The van der Waals surface area contributed by atoms with E-state index < -0.39 is 0 Å². The molecule has 0 saturated carbocycles. The van der Waals surface area contributed by atoms with Crippen LogP contribution in [0.2, 0.25) is 0 Å². The fourth-order valence-electron chi connectivity index (χ4n) is 17.5. The van der Waals surface area contributed by atoms with E-state index >= 15 is 0 Å². The van der Waals surface area contributed by atoms with Gasteiger partial charge in [0.1, 0.15) is 0 Å². The van der Waals surface area contributed by atoms with Crippen molar-refractivity contribution in [3.05, 3.63) is 340 Å². The number of hydrogen-bond acceptors (Lipinski definition) is 9. The summed E-state index contributed by atoms with van der Waals surface area (Å²) < 4.78 is 0.790. The van der Waals surface area contributed by atoms with E-state index in [1.165, 1.54) is 22.3 Å². The maximum atomic E-state index is 5.78. The molecule has 13 nitrogen and oxygen atoms in total. The van der Waals surface area contributed by atoms with E-state index in [4.69, 9.17) is 49.8 Å². The number of pyridine rings is 4. The van der Waals surface area contributed by atoms with E-state index in [1.54, 1.807) is 6.20 Å². The second-order valence-electron chi connectivity index (χ2n) is 30.8. The van der Waals surface area contributed by atoms with E-state index in [0.717, 1.165) is 254 Å². The Hall–Kier alpha value is -12.8. The molecule has 0 fully saturated rings. The number of halogens is 1. The van der Waals surface area contributed by atoms with E-state index in [0.29, 0.717) is 0 Å². The van der Waals surface area contributed by atoms with E-state index in [2.05, 4.69) is 287 Å². The second kappa shape index (κ2) is 34.9. The van der Waals surface area contributed by atoms with Crippen molar-refractivity contribution in [2.45, 2.75) is 83.5 Å². The number of aromatic nitrogens is 12. The number of anilines is 3. The molecule has 0 N–H and O–H groups in total. The molecule has 5 aliphatic rings. The Labute approximate surface area is 737 Å². The molecule has 10 aromatic heterocycles. The van der Waals surface area contributed by atoms with Gasteiger partial charge < -0.3 is 24.8 Å². The zero-order valence-corrected chi connectivity index (χ0v) is 74.9. The number of para-hydroxylation sites is 2. The molecular weight excluding hydrogens is 1650 g/mol. The quantitative estimate of drug-likeness (QED) is 0.0494. The second-order valence-corrected chi connectivity index (χ2v) is 31.6. The van der Waals surface area contributed by atoms with Crippen LogP contribution in [0.5, 0.6) is 0 Å². The zero-order valence-electron chi connectivity index (χ0n) is 67.4. The van der Waals surface area contributed by atoms with Crippen molar-refractivity contribution in [3.8, 4) is 78.4 Å². The SMILES string of the molecule is CCCCCCC1(CCCCCC)c2cc(-c3c4nc(c(-c5ccc(-c6ccccn6)cn5)c5ccc([n-]5)c(Br)c5nc(cc6ccc3[n-]6)C=C5)C=C4)ccc2-c2ccc(-c3c4nc(cc5ccc([n-]5)c(/C=C/c5ccc(N(c6ccccc6)c6ccccc6)cc5)c5nc(c(-c6ccc(-c7ccccn7)nc6)c6ccc3[n-]6)C=C5)C=C4)cc21.[Zn+2].[Zn+2]. The van der Waals surface area contributed by atoms with Gasteiger partial charge in [-0.3, -0.25) is 19.9 Å². The smallest absolute Gasteiger partial charge is 0.657 e. The molecule has 4 aliphatic heterocycles. The number of fused-ring (bicyclic) bond motifs is 19. The first-order valence-corrected chi connectivity index (χ1v) is 42.0. The number of hydrogen-bond donors (Lipinski definition) is 0. The Kier molecular flexibility index (Phi) is 22.8. The van der Waals surface area contributed by atoms with Gasteiger partial charge in [0.15, 0.2) is 0 Å². The first kappa shape index (κ1) is 79.3. The third kappa shape index (κ3) is 15.8. The molecular formula is C105H80BrN13Zn2. The predicted molar refractivity (Wildman–Crippen MR) is 492 cm³/mol. The maximum Gasteiger partial charge on any atom is 2.00 e. The van der Waals surface area contributed by atoms with E-state index in [-0.39, 0.29) is 44.4 Å². The number of benzene rings is 5. The summed E-state index contributed by atoms with van der Waals surface area (Å²) in [6, 6.07) is 85.1. The molecule has 16 bridgehead atoms. The Morgan fingerprint density at radius 2 is 0.793 bits per heavy atom. The van der Waals surface area contributed by atoms with Crippen LogP contribution in [0.15, 0.2) is 272 Å². The molecule has 0 amide bonds. The maximum absolute atomic E-state index is 5.78. The molecule has 576 valence electrons. The molecule has 0 atom stereocenters. The van der Waals surface area contributed by atoms with Gasteiger partial charge in [-0.2, -0.15) is 0 Å². The molecule has 1 aliphatic carbocycles. The van der Waals surface area contributed by atoms with Gasteiger partial charge in [-0.05, 0) is 230 Å². The first-order chi connectivity index (χ1) is 58.7. The molecule has 0 unspecified atom stereocenters. The minimum Gasteiger partial charge on any atom is -0.657 e. The average molecular weight is 1730 g/mol. The van der Waals surface area contributed by atoms with Crippen LogP contribution in [-0.4, -0.2) is 39.9 Å². The van der Waals surface area contributed by atoms with Gasteiger partial charge >= 0.3 is 39.0 Å². The molecule has 15 aromatic rings. The van der Waals surface area contributed by atoms with Crippen molar-refractivity contribution in [2.24, 2.45) is 0 Å². The summed E-state index contributed by atoms with van der Waals surface area (Å²) in [6.07, 6.45) is 39.4. The molecule has 14 heterocycles. The van der Waals surface area contributed by atoms with Gasteiger partial charge in [0.2, 0.25) is 0 Å². The summed E-state index contributed by atoms with van der Waals surface area (Å²) in [5.41, 5.74) is 32.9. The van der Waals surface area contributed by atoms with Crippen molar-refractivity contribution in [2.75, 3.05) is 4.90 Å². The number of nitrogens with zero attached hydrogens (tertiary/aromatic N) is 13. The van der Waals surface area contributed by atoms with Crippen LogP contribution < -0.4 is 24.8 Å². The summed E-state index contributed by atoms with van der Waals surface area (Å²) in [6.45, 7) is 4.61. The molecule has 5 aromatic carbocycles. The van der Waals surface area contributed by atoms with Gasteiger partial charge in [-0.25, -0.2) is 19.9 Å². The van der Waals surface area contributed by atoms with Crippen molar-refractivity contribution in [1.29, 1.82) is 0 Å². The van der Waals surface area contributed by atoms with Gasteiger partial charge in [0.05, 0.1) is 68.3 Å². The molecule has 121 heavy (non-hydrogen) atoms. The molecule has 20 rings (SSSR count). The van der Waals surface area contributed by atoms with Crippen molar-refractivity contribution >= 4 is 138 Å².